The van der Waals surface area contributed by atoms with Crippen LogP contribution in [-0.2, 0) is 4.79 Å². The first-order valence-electron chi connectivity index (χ1n) is 5.71. The fourth-order valence-electron chi connectivity index (χ4n) is 1.99. The van der Waals surface area contributed by atoms with Crippen molar-refractivity contribution in [3.63, 3.8) is 0 Å². The molecule has 0 spiro atoms. The highest BCUT2D eigenvalue weighted by molar-refractivity contribution is 8.00. The molecule has 1 aliphatic heterocycles. The van der Waals surface area contributed by atoms with E-state index in [0.717, 1.165) is 18.5 Å². The second-order valence-electron chi connectivity index (χ2n) is 4.36. The molecule has 0 bridgehead atoms. The fraction of sp³-hybridized carbons (Fsp3) is 0.333. The molecule has 0 radical (unpaired) electrons. The van der Waals surface area contributed by atoms with Crippen LogP contribution in [0.15, 0.2) is 27.8 Å². The molecule has 1 aromatic heterocycles. The lowest BCUT2D eigenvalue weighted by Gasteiger charge is -2.07. The van der Waals surface area contributed by atoms with Crippen molar-refractivity contribution >= 4 is 34.5 Å². The van der Waals surface area contributed by atoms with Crippen molar-refractivity contribution in [1.82, 2.24) is 9.88 Å². The largest absolute Gasteiger partial charge is 0.431 e. The zero-order valence-corrected chi connectivity index (χ0v) is 10.7. The van der Waals surface area contributed by atoms with Gasteiger partial charge in [-0.15, -0.1) is 0 Å². The van der Waals surface area contributed by atoms with Gasteiger partial charge in [0.1, 0.15) is 5.52 Å². The topological polar surface area (TPSA) is 72.4 Å². The van der Waals surface area contributed by atoms with Gasteiger partial charge in [-0.25, -0.2) is 4.98 Å². The number of amides is 1. The van der Waals surface area contributed by atoms with Gasteiger partial charge in [-0.1, -0.05) is 11.8 Å². The number of likely N-dealkylation sites (tertiary alicyclic amines) is 1. The number of aromatic nitrogens is 1. The Morgan fingerprint density at radius 1 is 1.56 bits per heavy atom. The van der Waals surface area contributed by atoms with Gasteiger partial charge in [0.2, 0.25) is 5.91 Å². The Hall–Kier alpha value is -1.69. The summed E-state index contributed by atoms with van der Waals surface area (Å²) in [5.41, 5.74) is 7.76. The number of anilines is 1. The Morgan fingerprint density at radius 3 is 3.11 bits per heavy atom. The van der Waals surface area contributed by atoms with Crippen molar-refractivity contribution in [2.75, 3.05) is 19.3 Å². The molecule has 2 aromatic rings. The lowest BCUT2D eigenvalue weighted by molar-refractivity contribution is -0.126. The molecule has 1 aliphatic rings. The number of hydrogen-bond acceptors (Lipinski definition) is 5. The lowest BCUT2D eigenvalue weighted by atomic mass is 10.3. The van der Waals surface area contributed by atoms with Crippen molar-refractivity contribution in [2.24, 2.45) is 0 Å². The van der Waals surface area contributed by atoms with Crippen molar-refractivity contribution in [1.29, 1.82) is 0 Å². The molecule has 1 atom stereocenters. The summed E-state index contributed by atoms with van der Waals surface area (Å²) in [7, 11) is 1.82. The molecular weight excluding hydrogens is 250 g/mol. The van der Waals surface area contributed by atoms with Crippen molar-refractivity contribution in [3.05, 3.63) is 18.2 Å². The van der Waals surface area contributed by atoms with Gasteiger partial charge in [0.15, 0.2) is 5.58 Å². The third-order valence-corrected chi connectivity index (χ3v) is 4.11. The maximum absolute atomic E-state index is 11.8. The average molecular weight is 263 g/mol. The molecule has 0 saturated carbocycles. The summed E-state index contributed by atoms with van der Waals surface area (Å²) in [5.74, 6) is 0.141. The first kappa shape index (κ1) is 11.4. The van der Waals surface area contributed by atoms with Crippen LogP contribution in [0.5, 0.6) is 0 Å². The monoisotopic (exact) mass is 263 g/mol. The number of carbonyl (C=O) groups is 1. The quantitative estimate of drug-likeness (QED) is 0.835. The van der Waals surface area contributed by atoms with E-state index in [4.69, 9.17) is 10.2 Å². The molecule has 0 aliphatic carbocycles. The van der Waals surface area contributed by atoms with Crippen molar-refractivity contribution in [3.8, 4) is 0 Å². The maximum atomic E-state index is 11.8. The summed E-state index contributed by atoms with van der Waals surface area (Å²) in [4.78, 5) is 17.9. The van der Waals surface area contributed by atoms with E-state index in [1.54, 1.807) is 17.0 Å². The summed E-state index contributed by atoms with van der Waals surface area (Å²) in [6, 6.07) is 5.35. The Bertz CT molecular complexity index is 610. The molecule has 5 nitrogen and oxygen atoms in total. The van der Waals surface area contributed by atoms with Crippen LogP contribution in [0, 0.1) is 0 Å². The minimum atomic E-state index is -0.0830. The second-order valence-corrected chi connectivity index (χ2v) is 5.52. The highest BCUT2D eigenvalue weighted by Crippen LogP contribution is 2.32. The van der Waals surface area contributed by atoms with Crippen LogP contribution in [0.2, 0.25) is 0 Å². The standard InChI is InChI=1S/C12H13N3O2S/c1-15-5-4-10(11(15)16)18-12-14-8-3-2-7(13)6-9(8)17-12/h2-3,6,10H,4-5,13H2,1H3. The van der Waals surface area contributed by atoms with Gasteiger partial charge in [-0.2, -0.15) is 0 Å². The number of nitrogens with two attached hydrogens (primary N) is 1. The van der Waals surface area contributed by atoms with Gasteiger partial charge >= 0.3 is 0 Å². The third kappa shape index (κ3) is 1.92. The van der Waals surface area contributed by atoms with Crippen molar-refractivity contribution < 1.29 is 9.21 Å². The van der Waals surface area contributed by atoms with Gasteiger partial charge in [-0.3, -0.25) is 4.79 Å². The Labute approximate surface area is 108 Å². The predicted octanol–water partition coefficient (Wildman–Crippen LogP) is 1.73. The zero-order chi connectivity index (χ0) is 12.7. The number of rotatable bonds is 2. The fourth-order valence-corrected chi connectivity index (χ4v) is 3.03. The van der Waals surface area contributed by atoms with E-state index < -0.39 is 0 Å². The highest BCUT2D eigenvalue weighted by atomic mass is 32.2. The highest BCUT2D eigenvalue weighted by Gasteiger charge is 2.31. The van der Waals surface area contributed by atoms with Gasteiger partial charge < -0.3 is 15.1 Å². The van der Waals surface area contributed by atoms with E-state index in [-0.39, 0.29) is 11.2 Å². The van der Waals surface area contributed by atoms with Crippen LogP contribution in [-0.4, -0.2) is 34.6 Å². The number of fused-ring (bicyclic) bond motifs is 1. The molecule has 6 heteroatoms. The minimum absolute atomic E-state index is 0.0830. The third-order valence-electron chi connectivity index (χ3n) is 3.01. The average Bonchev–Trinajstić information content (AvgIpc) is 2.86. The number of nitrogens with zero attached hydrogens (tertiary/aromatic N) is 2. The van der Waals surface area contributed by atoms with Crippen LogP contribution in [0.25, 0.3) is 11.1 Å². The van der Waals surface area contributed by atoms with Crippen LogP contribution >= 0.6 is 11.8 Å². The molecule has 1 unspecified atom stereocenters. The summed E-state index contributed by atoms with van der Waals surface area (Å²) in [6.45, 7) is 0.795. The summed E-state index contributed by atoms with van der Waals surface area (Å²) in [5, 5.41) is 0.449. The van der Waals surface area contributed by atoms with Crippen LogP contribution in [0.3, 0.4) is 0 Å². The van der Waals surface area contributed by atoms with Gasteiger partial charge in [0.05, 0.1) is 5.25 Å². The van der Waals surface area contributed by atoms with E-state index in [1.165, 1.54) is 11.8 Å². The number of benzene rings is 1. The minimum Gasteiger partial charge on any atom is -0.431 e. The molecule has 2 N–H and O–H groups in total. The van der Waals surface area contributed by atoms with Gasteiger partial charge in [0.25, 0.3) is 5.22 Å². The smallest absolute Gasteiger partial charge is 0.257 e. The summed E-state index contributed by atoms with van der Waals surface area (Å²) >= 11 is 1.38. The van der Waals surface area contributed by atoms with Gasteiger partial charge in [-0.05, 0) is 18.6 Å². The zero-order valence-electron chi connectivity index (χ0n) is 9.92. The first-order chi connectivity index (χ1) is 8.63. The number of oxazole rings is 1. The normalized spacial score (nSPS) is 19.9. The Kier molecular flexibility index (Phi) is 2.66. The van der Waals surface area contributed by atoms with Crippen LogP contribution in [0.1, 0.15) is 6.42 Å². The van der Waals surface area contributed by atoms with Crippen LogP contribution < -0.4 is 5.73 Å². The number of nitrogen functional groups attached to an aromatic ring is 1. The molecule has 3 rings (SSSR count). The molecular formula is C12H13N3O2S. The van der Waals surface area contributed by atoms with E-state index in [1.807, 2.05) is 13.1 Å². The first-order valence-corrected chi connectivity index (χ1v) is 6.59. The Balaban J connectivity index is 1.85. The predicted molar refractivity (Wildman–Crippen MR) is 70.3 cm³/mol. The van der Waals surface area contributed by atoms with E-state index in [9.17, 15) is 4.79 Å². The van der Waals surface area contributed by atoms with Gasteiger partial charge in [0, 0.05) is 25.3 Å². The molecule has 1 amide bonds. The molecule has 1 fully saturated rings. The molecule has 94 valence electrons. The number of hydrogen-bond donors (Lipinski definition) is 1. The number of thioether (sulfide) groups is 1. The van der Waals surface area contributed by atoms with Crippen molar-refractivity contribution in [2.45, 2.75) is 16.9 Å². The van der Waals surface area contributed by atoms with Crippen LogP contribution in [0.4, 0.5) is 5.69 Å². The number of carbonyl (C=O) groups excluding carboxylic acids is 1. The van der Waals surface area contributed by atoms with E-state index in [0.29, 0.717) is 16.5 Å². The molecule has 1 aromatic carbocycles. The summed E-state index contributed by atoms with van der Waals surface area (Å²) in [6.07, 6.45) is 0.834. The second kappa shape index (κ2) is 4.20. The molecule has 2 heterocycles. The molecule has 18 heavy (non-hydrogen) atoms. The lowest BCUT2D eigenvalue weighted by Crippen LogP contribution is -2.23. The van der Waals surface area contributed by atoms with E-state index >= 15 is 0 Å². The maximum Gasteiger partial charge on any atom is 0.257 e. The SMILES string of the molecule is CN1CCC(Sc2nc3ccc(N)cc3o2)C1=O. The Morgan fingerprint density at radius 2 is 2.39 bits per heavy atom. The van der Waals surface area contributed by atoms with E-state index in [2.05, 4.69) is 4.98 Å². The molecule has 1 saturated heterocycles. The summed E-state index contributed by atoms with van der Waals surface area (Å²) < 4.78 is 5.60.